The highest BCUT2D eigenvalue weighted by Crippen LogP contribution is 2.26. The average molecular weight is 350 g/mol. The molecule has 2 aromatic rings. The van der Waals surface area contributed by atoms with Crippen LogP contribution in [0.1, 0.15) is 24.0 Å². The van der Waals surface area contributed by atoms with E-state index >= 15 is 0 Å². The maximum atomic E-state index is 12.6. The van der Waals surface area contributed by atoms with E-state index in [-0.39, 0.29) is 6.09 Å². The molecule has 0 unspecified atom stereocenters. The maximum Gasteiger partial charge on any atom is 0.415 e. The molecule has 4 nitrogen and oxygen atoms in total. The molecular weight excluding hydrogens is 324 g/mol. The van der Waals surface area contributed by atoms with Crippen LogP contribution in [0.5, 0.6) is 5.75 Å². The monoisotopic (exact) mass is 350 g/mol. The molecule has 5 rings (SSSR count). The Morgan fingerprint density at radius 3 is 2.19 bits per heavy atom. The van der Waals surface area contributed by atoms with E-state index in [2.05, 4.69) is 36.9 Å². The van der Waals surface area contributed by atoms with Crippen LogP contribution in [0.2, 0.25) is 0 Å². The molecule has 2 bridgehead atoms. The molecule has 4 heteroatoms. The largest absolute Gasteiger partial charge is 0.415 e. The molecule has 3 aliphatic rings. The van der Waals surface area contributed by atoms with Crippen LogP contribution in [-0.2, 0) is 0 Å². The quantitative estimate of drug-likeness (QED) is 0.812. The number of fused-ring (bicyclic) bond motifs is 4. The fourth-order valence-corrected chi connectivity index (χ4v) is 4.14. The van der Waals surface area contributed by atoms with Crippen molar-refractivity contribution in [3.05, 3.63) is 53.6 Å². The third kappa shape index (κ3) is 3.61. The summed E-state index contributed by atoms with van der Waals surface area (Å²) in [6.45, 7) is 8.13. The summed E-state index contributed by atoms with van der Waals surface area (Å²) in [7, 11) is 0. The predicted octanol–water partition coefficient (Wildman–Crippen LogP) is 4.25. The Morgan fingerprint density at radius 1 is 0.885 bits per heavy atom. The second-order valence-corrected chi connectivity index (χ2v) is 7.53. The maximum absolute atomic E-state index is 12.6. The molecule has 3 aliphatic heterocycles. The fourth-order valence-electron chi connectivity index (χ4n) is 4.14. The van der Waals surface area contributed by atoms with Crippen molar-refractivity contribution in [2.45, 2.75) is 32.7 Å². The van der Waals surface area contributed by atoms with Gasteiger partial charge >= 0.3 is 6.09 Å². The molecule has 3 fully saturated rings. The van der Waals surface area contributed by atoms with Crippen LogP contribution in [0, 0.1) is 13.8 Å². The molecule has 0 N–H and O–H groups in total. The minimum absolute atomic E-state index is 0.210. The number of benzene rings is 2. The molecule has 0 aliphatic carbocycles. The highest BCUT2D eigenvalue weighted by molar-refractivity contribution is 5.72. The van der Waals surface area contributed by atoms with Gasteiger partial charge in [0.25, 0.3) is 0 Å². The summed E-state index contributed by atoms with van der Waals surface area (Å²) in [5.41, 5.74) is 4.83. The predicted molar refractivity (Wildman–Crippen MR) is 104 cm³/mol. The summed E-state index contributed by atoms with van der Waals surface area (Å²) in [5, 5.41) is 0. The van der Waals surface area contributed by atoms with Crippen LogP contribution in [0.4, 0.5) is 4.79 Å². The minimum Gasteiger partial charge on any atom is -0.410 e. The smallest absolute Gasteiger partial charge is 0.410 e. The van der Waals surface area contributed by atoms with Gasteiger partial charge in [-0.15, -0.1) is 0 Å². The molecule has 0 atom stereocenters. The number of nitrogens with zero attached hydrogens (tertiary/aromatic N) is 2. The first-order chi connectivity index (χ1) is 12.6. The molecule has 0 aromatic heterocycles. The lowest BCUT2D eigenvalue weighted by Crippen LogP contribution is -2.43. The summed E-state index contributed by atoms with van der Waals surface area (Å²) >= 11 is 0. The van der Waals surface area contributed by atoms with Gasteiger partial charge in [0.2, 0.25) is 0 Å². The third-order valence-corrected chi connectivity index (χ3v) is 5.50. The van der Waals surface area contributed by atoms with Gasteiger partial charge in [0.1, 0.15) is 5.75 Å². The highest BCUT2D eigenvalue weighted by Gasteiger charge is 2.32. The zero-order valence-electron chi connectivity index (χ0n) is 15.6. The van der Waals surface area contributed by atoms with Gasteiger partial charge in [0.15, 0.2) is 0 Å². The Balaban J connectivity index is 1.46. The molecule has 0 spiro atoms. The number of carbonyl (C=O) groups excluding carboxylic acids is 1. The van der Waals surface area contributed by atoms with Crippen LogP contribution < -0.4 is 4.74 Å². The molecule has 26 heavy (non-hydrogen) atoms. The van der Waals surface area contributed by atoms with Crippen molar-refractivity contribution in [2.24, 2.45) is 0 Å². The number of ether oxygens (including phenoxy) is 1. The molecule has 3 heterocycles. The van der Waals surface area contributed by atoms with Crippen LogP contribution in [0.3, 0.4) is 0 Å². The Labute approximate surface area is 155 Å². The summed E-state index contributed by atoms with van der Waals surface area (Å²) in [6.07, 6.45) is 1.90. The lowest BCUT2D eigenvalue weighted by atomic mass is 10.0. The summed E-state index contributed by atoms with van der Waals surface area (Å²) in [4.78, 5) is 17.0. The van der Waals surface area contributed by atoms with Gasteiger partial charge in [-0.25, -0.2) is 4.79 Å². The van der Waals surface area contributed by atoms with Gasteiger partial charge in [-0.2, -0.15) is 0 Å². The normalized spacial score (nSPS) is 22.2. The summed E-state index contributed by atoms with van der Waals surface area (Å²) in [6, 6.07) is 14.7. The van der Waals surface area contributed by atoms with E-state index in [0.717, 1.165) is 44.6 Å². The lowest BCUT2D eigenvalue weighted by molar-refractivity contribution is 0.131. The van der Waals surface area contributed by atoms with Gasteiger partial charge in [0, 0.05) is 32.2 Å². The number of piperidine rings is 1. The zero-order chi connectivity index (χ0) is 18.1. The van der Waals surface area contributed by atoms with Crippen molar-refractivity contribution >= 4 is 6.09 Å². The Kier molecular flexibility index (Phi) is 4.68. The standard InChI is InChI=1S/C22H26N2O2/c1-16-13-17(2)15-19(14-16)18-3-5-21(6-4-18)26-22(25)24-12-11-23-9-7-20(24)8-10-23/h3-6,13-15,20H,7-12H2,1-2H3. The van der Waals surface area contributed by atoms with Crippen LogP contribution in [0.15, 0.2) is 42.5 Å². The van der Waals surface area contributed by atoms with Gasteiger partial charge in [0.05, 0.1) is 0 Å². The van der Waals surface area contributed by atoms with Gasteiger partial charge < -0.3 is 14.5 Å². The molecule has 0 saturated carbocycles. The van der Waals surface area contributed by atoms with E-state index in [1.807, 2.05) is 29.2 Å². The second-order valence-electron chi connectivity index (χ2n) is 7.53. The van der Waals surface area contributed by atoms with Crippen molar-refractivity contribution in [3.63, 3.8) is 0 Å². The van der Waals surface area contributed by atoms with E-state index < -0.39 is 0 Å². The molecule has 1 amide bonds. The van der Waals surface area contributed by atoms with Crippen LogP contribution >= 0.6 is 0 Å². The Hall–Kier alpha value is -2.33. The van der Waals surface area contributed by atoms with E-state index in [0.29, 0.717) is 11.8 Å². The van der Waals surface area contributed by atoms with Crippen molar-refractivity contribution < 1.29 is 9.53 Å². The molecule has 136 valence electrons. The third-order valence-electron chi connectivity index (χ3n) is 5.50. The van der Waals surface area contributed by atoms with Crippen LogP contribution in [0.25, 0.3) is 11.1 Å². The topological polar surface area (TPSA) is 32.8 Å². The van der Waals surface area contributed by atoms with Crippen molar-refractivity contribution in [2.75, 3.05) is 26.2 Å². The average Bonchev–Trinajstić information content (AvgIpc) is 2.95. The van der Waals surface area contributed by atoms with Crippen LogP contribution in [-0.4, -0.2) is 48.1 Å². The fraction of sp³-hybridized carbons (Fsp3) is 0.409. The molecular formula is C22H26N2O2. The number of amides is 1. The number of rotatable bonds is 2. The zero-order valence-corrected chi connectivity index (χ0v) is 15.6. The molecule has 2 aromatic carbocycles. The van der Waals surface area contributed by atoms with Gasteiger partial charge in [-0.3, -0.25) is 0 Å². The van der Waals surface area contributed by atoms with Crippen molar-refractivity contribution in [3.8, 4) is 16.9 Å². The first kappa shape index (κ1) is 17.1. The van der Waals surface area contributed by atoms with Gasteiger partial charge in [-0.1, -0.05) is 41.5 Å². The number of hydrogen-bond acceptors (Lipinski definition) is 3. The second kappa shape index (κ2) is 7.12. The van der Waals surface area contributed by atoms with E-state index in [1.54, 1.807) is 0 Å². The summed E-state index contributed by atoms with van der Waals surface area (Å²) < 4.78 is 5.67. The first-order valence-electron chi connectivity index (χ1n) is 9.48. The summed E-state index contributed by atoms with van der Waals surface area (Å²) in [5.74, 6) is 0.613. The SMILES string of the molecule is Cc1cc(C)cc(-c2ccc(OC(=O)N3CCN4CCC3CC4)cc2)c1. The Bertz CT molecular complexity index is 772. The molecule has 0 radical (unpaired) electrons. The van der Waals surface area contributed by atoms with E-state index in [9.17, 15) is 4.79 Å². The molecule has 3 saturated heterocycles. The number of hydrogen-bond donors (Lipinski definition) is 0. The van der Waals surface area contributed by atoms with E-state index in [4.69, 9.17) is 4.74 Å². The first-order valence-corrected chi connectivity index (χ1v) is 9.48. The number of carbonyl (C=O) groups is 1. The number of aryl methyl sites for hydroxylation is 2. The highest BCUT2D eigenvalue weighted by atomic mass is 16.6. The lowest BCUT2D eigenvalue weighted by Gasteiger charge is -2.30. The van der Waals surface area contributed by atoms with Gasteiger partial charge in [-0.05, 0) is 49.9 Å². The van der Waals surface area contributed by atoms with Crippen molar-refractivity contribution in [1.82, 2.24) is 9.80 Å². The van der Waals surface area contributed by atoms with E-state index in [1.165, 1.54) is 16.7 Å². The minimum atomic E-state index is -0.210. The van der Waals surface area contributed by atoms with Crippen molar-refractivity contribution in [1.29, 1.82) is 0 Å². The Morgan fingerprint density at radius 2 is 1.54 bits per heavy atom.